The molecule has 5 nitrogen and oxygen atoms in total. The average Bonchev–Trinajstić information content (AvgIpc) is 3.76. The second kappa shape index (κ2) is 14.8. The van der Waals surface area contributed by atoms with E-state index in [1.54, 1.807) is 7.11 Å². The summed E-state index contributed by atoms with van der Waals surface area (Å²) in [7, 11) is 1.79. The van der Waals surface area contributed by atoms with Crippen molar-refractivity contribution < 1.29 is 14.2 Å². The predicted octanol–water partition coefficient (Wildman–Crippen LogP) is 8.22. The predicted molar refractivity (Wildman–Crippen MR) is 189 cm³/mol. The van der Waals surface area contributed by atoms with E-state index in [0.717, 1.165) is 63.7 Å². The van der Waals surface area contributed by atoms with Crippen molar-refractivity contribution in [2.24, 2.45) is 0 Å². The quantitative estimate of drug-likeness (QED) is 0.139. The number of nitrogens with zero attached hydrogens (tertiary/aromatic N) is 2. The van der Waals surface area contributed by atoms with Gasteiger partial charge in [-0.3, -0.25) is 4.90 Å². The van der Waals surface area contributed by atoms with E-state index < -0.39 is 0 Å². The van der Waals surface area contributed by atoms with Crippen LogP contribution in [-0.2, 0) is 30.7 Å². The van der Waals surface area contributed by atoms with Crippen molar-refractivity contribution >= 4 is 21.4 Å². The summed E-state index contributed by atoms with van der Waals surface area (Å²) in [6.45, 7) is 8.62. The molecular weight excluding hydrogens is 589 g/mol. The fourth-order valence-corrected chi connectivity index (χ4v) is 7.98. The first kappa shape index (κ1) is 30.9. The summed E-state index contributed by atoms with van der Waals surface area (Å²) in [5, 5.41) is 1.29. The fourth-order valence-electron chi connectivity index (χ4n) is 6.72. The molecule has 0 atom stereocenters. The SMILES string of the molecule is COc1cc(Cc2c(-c3ccc(CCN4CCCC4)cc3)sc3cc(OCc4ccccc4)ccc23)ccc1CN1CCOCC1. The van der Waals surface area contributed by atoms with Gasteiger partial charge in [0, 0.05) is 41.3 Å². The monoisotopic (exact) mass is 632 g/mol. The molecule has 2 fully saturated rings. The molecule has 0 unspecified atom stereocenters. The van der Waals surface area contributed by atoms with E-state index in [1.807, 2.05) is 17.4 Å². The molecule has 7 rings (SSSR count). The largest absolute Gasteiger partial charge is 0.496 e. The minimum atomic E-state index is 0.562. The third-order valence-electron chi connectivity index (χ3n) is 9.37. The van der Waals surface area contributed by atoms with Crippen LogP contribution in [0.15, 0.2) is 91.0 Å². The van der Waals surface area contributed by atoms with Crippen molar-refractivity contribution in [2.45, 2.75) is 38.8 Å². The summed E-state index contributed by atoms with van der Waals surface area (Å²) in [5.41, 5.74) is 7.72. The summed E-state index contributed by atoms with van der Waals surface area (Å²) in [4.78, 5) is 6.37. The van der Waals surface area contributed by atoms with Crippen molar-refractivity contribution in [3.05, 3.63) is 119 Å². The van der Waals surface area contributed by atoms with Gasteiger partial charge in [-0.05, 0) is 96.2 Å². The Balaban J connectivity index is 1.17. The molecule has 238 valence electrons. The topological polar surface area (TPSA) is 34.2 Å². The van der Waals surface area contributed by atoms with Crippen LogP contribution in [0.2, 0.25) is 0 Å². The highest BCUT2D eigenvalue weighted by Gasteiger charge is 2.18. The summed E-state index contributed by atoms with van der Waals surface area (Å²) in [5.74, 6) is 1.87. The molecule has 6 heteroatoms. The minimum Gasteiger partial charge on any atom is -0.496 e. The van der Waals surface area contributed by atoms with Crippen LogP contribution in [0, 0.1) is 0 Å². The summed E-state index contributed by atoms with van der Waals surface area (Å²) >= 11 is 1.87. The van der Waals surface area contributed by atoms with Gasteiger partial charge in [0.2, 0.25) is 0 Å². The van der Waals surface area contributed by atoms with Gasteiger partial charge in [0.05, 0.1) is 20.3 Å². The first-order valence-electron chi connectivity index (χ1n) is 16.7. The van der Waals surface area contributed by atoms with E-state index >= 15 is 0 Å². The molecule has 1 aromatic heterocycles. The van der Waals surface area contributed by atoms with E-state index in [-0.39, 0.29) is 0 Å². The number of benzene rings is 4. The van der Waals surface area contributed by atoms with Gasteiger partial charge < -0.3 is 19.1 Å². The third kappa shape index (κ3) is 7.48. The standard InChI is InChI=1S/C40H44N2O3S/c1-43-38-26-32(11-14-34(38)28-42-21-23-44-24-22-42)25-37-36-16-15-35(45-29-31-7-3-2-4-8-31)27-39(36)46-40(37)33-12-9-30(10-13-33)17-20-41-18-5-6-19-41/h2-4,7-16,26-27H,5-6,17-25,28-29H2,1H3. The van der Waals surface area contributed by atoms with Crippen molar-refractivity contribution in [3.63, 3.8) is 0 Å². The van der Waals surface area contributed by atoms with Crippen LogP contribution in [0.3, 0.4) is 0 Å². The summed E-state index contributed by atoms with van der Waals surface area (Å²) in [6, 6.07) is 33.0. The van der Waals surface area contributed by atoms with Crippen LogP contribution in [0.1, 0.15) is 40.7 Å². The molecular formula is C40H44N2O3S. The Bertz CT molecular complexity index is 1720. The number of fused-ring (bicyclic) bond motifs is 1. The van der Waals surface area contributed by atoms with Crippen molar-refractivity contribution in [3.8, 4) is 21.9 Å². The second-order valence-corrected chi connectivity index (χ2v) is 13.6. The first-order chi connectivity index (χ1) is 22.7. The molecule has 2 aliphatic rings. The maximum Gasteiger partial charge on any atom is 0.123 e. The van der Waals surface area contributed by atoms with E-state index in [4.69, 9.17) is 14.2 Å². The van der Waals surface area contributed by atoms with Crippen LogP contribution in [-0.4, -0.2) is 62.8 Å². The molecule has 5 aromatic rings. The highest BCUT2D eigenvalue weighted by atomic mass is 32.1. The van der Waals surface area contributed by atoms with Gasteiger partial charge in [0.15, 0.2) is 0 Å². The van der Waals surface area contributed by atoms with E-state index in [2.05, 4.69) is 94.7 Å². The van der Waals surface area contributed by atoms with Crippen LogP contribution >= 0.6 is 11.3 Å². The lowest BCUT2D eigenvalue weighted by molar-refractivity contribution is 0.0339. The number of methoxy groups -OCH3 is 1. The lowest BCUT2D eigenvalue weighted by atomic mass is 9.97. The van der Waals surface area contributed by atoms with E-state index in [9.17, 15) is 0 Å². The number of thiophene rings is 1. The average molecular weight is 633 g/mol. The van der Waals surface area contributed by atoms with Gasteiger partial charge in [0.25, 0.3) is 0 Å². The van der Waals surface area contributed by atoms with Crippen LogP contribution in [0.5, 0.6) is 11.5 Å². The Morgan fingerprint density at radius 2 is 1.54 bits per heavy atom. The third-order valence-corrected chi connectivity index (χ3v) is 10.6. The van der Waals surface area contributed by atoms with Crippen molar-refractivity contribution in [2.75, 3.05) is 53.0 Å². The molecule has 0 N–H and O–H groups in total. The molecule has 4 aromatic carbocycles. The zero-order chi connectivity index (χ0) is 31.1. The molecule has 0 radical (unpaired) electrons. The van der Waals surface area contributed by atoms with Gasteiger partial charge in [-0.25, -0.2) is 0 Å². The van der Waals surface area contributed by atoms with Crippen LogP contribution in [0.25, 0.3) is 20.5 Å². The first-order valence-corrected chi connectivity index (χ1v) is 17.5. The van der Waals surface area contributed by atoms with Crippen molar-refractivity contribution in [1.29, 1.82) is 0 Å². The smallest absolute Gasteiger partial charge is 0.123 e. The fraction of sp³-hybridized carbons (Fsp3) is 0.350. The maximum absolute atomic E-state index is 6.24. The molecule has 0 saturated carbocycles. The Morgan fingerprint density at radius 3 is 2.33 bits per heavy atom. The van der Waals surface area contributed by atoms with Gasteiger partial charge in [-0.1, -0.05) is 66.7 Å². The molecule has 3 heterocycles. The number of hydrogen-bond donors (Lipinski definition) is 0. The van der Waals surface area contributed by atoms with E-state index in [0.29, 0.717) is 6.61 Å². The Hall–Kier alpha value is -3.68. The Labute approximate surface area is 277 Å². The molecule has 0 aliphatic carbocycles. The zero-order valence-corrected chi connectivity index (χ0v) is 27.7. The van der Waals surface area contributed by atoms with Gasteiger partial charge in [-0.2, -0.15) is 0 Å². The second-order valence-electron chi connectivity index (χ2n) is 12.5. The zero-order valence-electron chi connectivity index (χ0n) is 26.9. The van der Waals surface area contributed by atoms with E-state index in [1.165, 1.54) is 74.3 Å². The van der Waals surface area contributed by atoms with Crippen LogP contribution < -0.4 is 9.47 Å². The number of rotatable bonds is 12. The van der Waals surface area contributed by atoms with Gasteiger partial charge in [0.1, 0.15) is 18.1 Å². The molecule has 2 saturated heterocycles. The number of hydrogen-bond acceptors (Lipinski definition) is 6. The van der Waals surface area contributed by atoms with Crippen molar-refractivity contribution in [1.82, 2.24) is 9.80 Å². The summed E-state index contributed by atoms with van der Waals surface area (Å²) < 4.78 is 19.0. The summed E-state index contributed by atoms with van der Waals surface area (Å²) in [6.07, 6.45) is 4.63. The Kier molecular flexibility index (Phi) is 9.97. The van der Waals surface area contributed by atoms with Gasteiger partial charge >= 0.3 is 0 Å². The molecule has 0 bridgehead atoms. The normalized spacial score (nSPS) is 15.8. The number of likely N-dealkylation sites (tertiary alicyclic amines) is 1. The molecule has 0 amide bonds. The highest BCUT2D eigenvalue weighted by Crippen LogP contribution is 2.42. The Morgan fingerprint density at radius 1 is 0.761 bits per heavy atom. The molecule has 46 heavy (non-hydrogen) atoms. The lowest BCUT2D eigenvalue weighted by Crippen LogP contribution is -2.35. The molecule has 2 aliphatic heterocycles. The highest BCUT2D eigenvalue weighted by molar-refractivity contribution is 7.22. The number of morpholine rings is 1. The lowest BCUT2D eigenvalue weighted by Gasteiger charge is -2.27. The van der Waals surface area contributed by atoms with Gasteiger partial charge in [-0.15, -0.1) is 11.3 Å². The number of ether oxygens (including phenoxy) is 3. The van der Waals surface area contributed by atoms with Crippen LogP contribution in [0.4, 0.5) is 0 Å². The minimum absolute atomic E-state index is 0.562. The molecule has 0 spiro atoms. The maximum atomic E-state index is 6.24.